The highest BCUT2D eigenvalue weighted by Crippen LogP contribution is 2.01. The lowest BCUT2D eigenvalue weighted by molar-refractivity contribution is 1.44. The Morgan fingerprint density at radius 1 is 1.18 bits per heavy atom. The van der Waals surface area contributed by atoms with Crippen molar-refractivity contribution >= 4 is 6.08 Å². The molecule has 0 saturated heterocycles. The summed E-state index contributed by atoms with van der Waals surface area (Å²) >= 11 is 0. The molecule has 17 heavy (non-hydrogen) atoms. The third kappa shape index (κ3) is 8.65. The first-order valence-electron chi connectivity index (χ1n) is 5.28. The van der Waals surface area contributed by atoms with Crippen molar-refractivity contribution < 1.29 is 0 Å². The van der Waals surface area contributed by atoms with Crippen molar-refractivity contribution in [2.24, 2.45) is 0 Å². The molecule has 0 radical (unpaired) electrons. The van der Waals surface area contributed by atoms with Crippen molar-refractivity contribution in [2.45, 2.75) is 6.92 Å². The standard InChI is InChI=1S/C12H11N.C4H6/c1-11(10-13)6-5-9-12-7-3-2-4-8-12;1-3-4-2/h2-9H,1H3;3-4H,1-2H2. The van der Waals surface area contributed by atoms with Gasteiger partial charge >= 0.3 is 0 Å². The molecule has 0 aliphatic heterocycles. The summed E-state index contributed by atoms with van der Waals surface area (Å²) in [6, 6.07) is 12.1. The fourth-order valence-corrected chi connectivity index (χ4v) is 0.905. The molecule has 0 aliphatic carbocycles. The second-order valence-corrected chi connectivity index (χ2v) is 3.20. The summed E-state index contributed by atoms with van der Waals surface area (Å²) in [7, 11) is 0. The van der Waals surface area contributed by atoms with Gasteiger partial charge in [-0.25, -0.2) is 0 Å². The Balaban J connectivity index is 0.000000557. The Bertz CT molecular complexity index is 424. The number of nitriles is 1. The molecule has 0 heterocycles. The summed E-state index contributed by atoms with van der Waals surface area (Å²) in [6.07, 6.45) is 8.93. The number of rotatable bonds is 3. The van der Waals surface area contributed by atoms with Crippen LogP contribution in [0.4, 0.5) is 0 Å². The normalized spacial score (nSPS) is 10.0. The lowest BCUT2D eigenvalue weighted by Gasteiger charge is -1.88. The minimum absolute atomic E-state index is 0.715. The highest BCUT2D eigenvalue weighted by molar-refractivity contribution is 5.51. The third-order valence-electron chi connectivity index (χ3n) is 1.78. The van der Waals surface area contributed by atoms with Crippen LogP contribution in [0.15, 0.2) is 73.4 Å². The van der Waals surface area contributed by atoms with Gasteiger partial charge < -0.3 is 0 Å². The zero-order chi connectivity index (χ0) is 12.9. The molecule has 1 heteroatoms. The van der Waals surface area contributed by atoms with Crippen LogP contribution in [0.25, 0.3) is 6.08 Å². The molecule has 0 aliphatic rings. The van der Waals surface area contributed by atoms with E-state index < -0.39 is 0 Å². The smallest absolute Gasteiger partial charge is 0.0944 e. The topological polar surface area (TPSA) is 23.8 Å². The fourth-order valence-electron chi connectivity index (χ4n) is 0.905. The number of allylic oxidation sites excluding steroid dienone is 5. The average Bonchev–Trinajstić information content (AvgIpc) is 2.40. The zero-order valence-electron chi connectivity index (χ0n) is 10.1. The van der Waals surface area contributed by atoms with Crippen LogP contribution in [-0.4, -0.2) is 0 Å². The van der Waals surface area contributed by atoms with Crippen molar-refractivity contribution in [1.29, 1.82) is 5.26 Å². The summed E-state index contributed by atoms with van der Waals surface area (Å²) < 4.78 is 0. The molecule has 0 aromatic heterocycles. The van der Waals surface area contributed by atoms with E-state index in [2.05, 4.69) is 19.2 Å². The molecular formula is C16H17N. The van der Waals surface area contributed by atoms with Crippen molar-refractivity contribution in [3.05, 3.63) is 78.9 Å². The van der Waals surface area contributed by atoms with Crippen molar-refractivity contribution in [1.82, 2.24) is 0 Å². The molecule has 0 atom stereocenters. The predicted octanol–water partition coefficient (Wildman–Crippen LogP) is 4.53. The summed E-state index contributed by atoms with van der Waals surface area (Å²) in [4.78, 5) is 0. The monoisotopic (exact) mass is 223 g/mol. The summed E-state index contributed by atoms with van der Waals surface area (Å²) in [5.74, 6) is 0. The second-order valence-electron chi connectivity index (χ2n) is 3.20. The maximum absolute atomic E-state index is 8.48. The van der Waals surface area contributed by atoms with Gasteiger partial charge in [0.05, 0.1) is 6.07 Å². The Morgan fingerprint density at radius 2 is 1.76 bits per heavy atom. The van der Waals surface area contributed by atoms with E-state index in [0.717, 1.165) is 5.56 Å². The van der Waals surface area contributed by atoms with Crippen molar-refractivity contribution in [2.75, 3.05) is 0 Å². The van der Waals surface area contributed by atoms with Crippen LogP contribution >= 0.6 is 0 Å². The highest BCUT2D eigenvalue weighted by Gasteiger charge is 1.81. The van der Waals surface area contributed by atoms with Crippen LogP contribution in [0.3, 0.4) is 0 Å². The zero-order valence-corrected chi connectivity index (χ0v) is 10.1. The van der Waals surface area contributed by atoms with Crippen LogP contribution in [-0.2, 0) is 0 Å². The number of hydrogen-bond donors (Lipinski definition) is 0. The molecule has 0 unspecified atom stereocenters. The van der Waals surface area contributed by atoms with Gasteiger partial charge in [0, 0.05) is 5.57 Å². The van der Waals surface area contributed by atoms with E-state index in [1.54, 1.807) is 25.2 Å². The number of benzene rings is 1. The first-order chi connectivity index (χ1) is 8.24. The van der Waals surface area contributed by atoms with Gasteiger partial charge in [-0.3, -0.25) is 0 Å². The van der Waals surface area contributed by atoms with E-state index in [4.69, 9.17) is 5.26 Å². The van der Waals surface area contributed by atoms with Gasteiger partial charge in [-0.1, -0.05) is 67.8 Å². The Labute approximate surface area is 104 Å². The molecule has 1 aromatic rings. The van der Waals surface area contributed by atoms with Crippen LogP contribution in [0, 0.1) is 11.3 Å². The highest BCUT2D eigenvalue weighted by atomic mass is 14.2. The Kier molecular flexibility index (Phi) is 8.80. The van der Waals surface area contributed by atoms with Gasteiger partial charge in [0.25, 0.3) is 0 Å². The predicted molar refractivity (Wildman–Crippen MR) is 75.2 cm³/mol. The van der Waals surface area contributed by atoms with E-state index in [-0.39, 0.29) is 0 Å². The van der Waals surface area contributed by atoms with Gasteiger partial charge in [0.1, 0.15) is 0 Å². The van der Waals surface area contributed by atoms with Crippen LogP contribution in [0.2, 0.25) is 0 Å². The number of hydrogen-bond acceptors (Lipinski definition) is 1. The molecule has 86 valence electrons. The Hall–Kier alpha value is -2.33. The summed E-state index contributed by atoms with van der Waals surface area (Å²) in [5, 5.41) is 8.48. The van der Waals surface area contributed by atoms with Gasteiger partial charge in [-0.15, -0.1) is 0 Å². The Morgan fingerprint density at radius 3 is 2.24 bits per heavy atom. The fraction of sp³-hybridized carbons (Fsp3) is 0.0625. The molecule has 1 rings (SSSR count). The summed E-state index contributed by atoms with van der Waals surface area (Å²) in [6.45, 7) is 8.51. The maximum Gasteiger partial charge on any atom is 0.0944 e. The van der Waals surface area contributed by atoms with Gasteiger partial charge in [-0.2, -0.15) is 5.26 Å². The molecule has 0 fully saturated rings. The lowest BCUT2D eigenvalue weighted by atomic mass is 10.2. The lowest BCUT2D eigenvalue weighted by Crippen LogP contribution is -1.68. The van der Waals surface area contributed by atoms with Crippen LogP contribution in [0.1, 0.15) is 12.5 Å². The summed E-state index contributed by atoms with van der Waals surface area (Å²) in [5.41, 5.74) is 1.86. The average molecular weight is 223 g/mol. The first kappa shape index (κ1) is 14.7. The van der Waals surface area contributed by atoms with Crippen molar-refractivity contribution in [3.63, 3.8) is 0 Å². The van der Waals surface area contributed by atoms with Crippen LogP contribution < -0.4 is 0 Å². The van der Waals surface area contributed by atoms with E-state index in [1.165, 1.54) is 0 Å². The van der Waals surface area contributed by atoms with E-state index in [0.29, 0.717) is 5.57 Å². The molecule has 0 amide bonds. The molecule has 1 nitrogen and oxygen atoms in total. The van der Waals surface area contributed by atoms with E-state index in [9.17, 15) is 0 Å². The molecule has 0 N–H and O–H groups in total. The number of nitrogens with zero attached hydrogens (tertiary/aromatic N) is 1. The molecule has 0 saturated carbocycles. The molecular weight excluding hydrogens is 206 g/mol. The third-order valence-corrected chi connectivity index (χ3v) is 1.78. The van der Waals surface area contributed by atoms with Gasteiger partial charge in [0.15, 0.2) is 0 Å². The van der Waals surface area contributed by atoms with Crippen molar-refractivity contribution in [3.8, 4) is 6.07 Å². The second kappa shape index (κ2) is 10.2. The molecule has 1 aromatic carbocycles. The van der Waals surface area contributed by atoms with Gasteiger partial charge in [0.2, 0.25) is 0 Å². The van der Waals surface area contributed by atoms with Gasteiger partial charge in [-0.05, 0) is 18.6 Å². The largest absolute Gasteiger partial charge is 0.193 e. The minimum Gasteiger partial charge on any atom is -0.193 e. The molecule has 0 bridgehead atoms. The minimum atomic E-state index is 0.715. The molecule has 0 spiro atoms. The SMILES string of the molecule is C=CC=C.CC(C#N)=CC=Cc1ccccc1. The quantitative estimate of drug-likeness (QED) is 0.545. The van der Waals surface area contributed by atoms with E-state index >= 15 is 0 Å². The van der Waals surface area contributed by atoms with Crippen LogP contribution in [0.5, 0.6) is 0 Å². The first-order valence-corrected chi connectivity index (χ1v) is 5.28. The van der Waals surface area contributed by atoms with E-state index in [1.807, 2.05) is 42.5 Å². The maximum atomic E-state index is 8.48.